The van der Waals surface area contributed by atoms with Crippen molar-refractivity contribution in [2.75, 3.05) is 90.4 Å². The summed E-state index contributed by atoms with van der Waals surface area (Å²) in [7, 11) is 13.1. The maximum atomic E-state index is 14.4. The molecule has 4 aliphatic heterocycles. The Morgan fingerprint density at radius 1 is 0.269 bits per heavy atom. The molecule has 4 aliphatic rings. The van der Waals surface area contributed by atoms with Crippen LogP contribution in [0.3, 0.4) is 0 Å². The fourth-order valence-electron chi connectivity index (χ4n) is 17.6. The molecule has 12 aromatic carbocycles. The van der Waals surface area contributed by atoms with Gasteiger partial charge in [-0.05, 0) is 193 Å². The molecule has 0 amide bonds. The number of hydrogen-bond donors (Lipinski definition) is 11. The average molecular weight is 1800 g/mol. The van der Waals surface area contributed by atoms with Crippen molar-refractivity contribution in [3.8, 4) is 138 Å². The van der Waals surface area contributed by atoms with Crippen molar-refractivity contribution in [3.63, 3.8) is 0 Å². The Balaban J connectivity index is 0.000000148. The number of halogens is 6. The Bertz CT molecular complexity index is 6080. The Labute approximate surface area is 744 Å². The number of methoxy groups -OCH3 is 9. The van der Waals surface area contributed by atoms with Gasteiger partial charge in [-0.1, -0.05) is 56.7 Å². The van der Waals surface area contributed by atoms with E-state index < -0.39 is 81.6 Å². The summed E-state index contributed by atoms with van der Waals surface area (Å²) in [5.41, 5.74) is 10.1. The summed E-state index contributed by atoms with van der Waals surface area (Å²) in [6.45, 7) is 8.11. The molecule has 0 radical (unpaired) electrons. The monoisotopic (exact) mass is 1800 g/mol. The zero-order valence-electron chi connectivity index (χ0n) is 73.1. The van der Waals surface area contributed by atoms with Gasteiger partial charge in [0.05, 0.1) is 90.4 Å². The summed E-state index contributed by atoms with van der Waals surface area (Å²) < 4.78 is 159. The van der Waals surface area contributed by atoms with E-state index in [-0.39, 0.29) is 130 Å². The smallest absolute Gasteiger partial charge is 0.203 e. The van der Waals surface area contributed by atoms with Gasteiger partial charge in [-0.3, -0.25) is 0 Å². The molecule has 0 aromatic heterocycles. The van der Waals surface area contributed by atoms with Crippen LogP contribution in [-0.2, 0) is 12.8 Å². The van der Waals surface area contributed by atoms with Crippen LogP contribution in [0.15, 0.2) is 158 Å². The maximum absolute atomic E-state index is 14.4. The van der Waals surface area contributed by atoms with Crippen LogP contribution in [0.5, 0.6) is 138 Å². The summed E-state index contributed by atoms with van der Waals surface area (Å²) in [5, 5.41) is 111. The van der Waals surface area contributed by atoms with E-state index in [0.29, 0.717) is 103 Å². The number of phenolic OH excluding ortho intramolecular Hbond substituents is 11. The molecule has 0 saturated heterocycles. The fourth-order valence-corrected chi connectivity index (χ4v) is 17.6. The van der Waals surface area contributed by atoms with E-state index >= 15 is 0 Å². The number of phenols is 11. The molecule has 0 aliphatic carbocycles. The summed E-state index contributed by atoms with van der Waals surface area (Å²) >= 11 is 0. The quantitative estimate of drug-likeness (QED) is 0.0316. The molecule has 8 unspecified atom stereocenters. The van der Waals surface area contributed by atoms with Gasteiger partial charge in [0.2, 0.25) is 23.0 Å². The highest BCUT2D eigenvalue weighted by atomic mass is 19.2. The molecule has 0 fully saturated rings. The highest BCUT2D eigenvalue weighted by Gasteiger charge is 2.43. The first-order chi connectivity index (χ1) is 62.3. The van der Waals surface area contributed by atoms with Gasteiger partial charge in [0.15, 0.2) is 104 Å². The van der Waals surface area contributed by atoms with E-state index in [9.17, 15) is 82.5 Å². The molecule has 4 heterocycles. The van der Waals surface area contributed by atoms with Crippen molar-refractivity contribution >= 4 is 0 Å². The van der Waals surface area contributed by atoms with E-state index in [4.69, 9.17) is 61.6 Å². The molecular weight excluding hydrogens is 1700 g/mol. The first-order valence-corrected chi connectivity index (χ1v) is 41.2. The largest absolute Gasteiger partial charge is 0.508 e. The minimum Gasteiger partial charge on any atom is -0.508 e. The summed E-state index contributed by atoms with van der Waals surface area (Å²) in [5.74, 6) is -7.20. The van der Waals surface area contributed by atoms with E-state index in [2.05, 4.69) is 0 Å². The molecule has 0 bridgehead atoms. The second-order valence-electron chi connectivity index (χ2n) is 31.3. The van der Waals surface area contributed by atoms with Crippen LogP contribution in [0.25, 0.3) is 0 Å². The molecular formula is C100H98F6O24. The molecule has 8 atom stereocenters. The lowest BCUT2D eigenvalue weighted by atomic mass is 9.75. The van der Waals surface area contributed by atoms with Crippen molar-refractivity contribution in [2.45, 2.75) is 94.3 Å². The van der Waals surface area contributed by atoms with Gasteiger partial charge in [0.25, 0.3) is 0 Å². The molecule has 30 heteroatoms. The number of ether oxygens (including phenoxy) is 13. The van der Waals surface area contributed by atoms with Crippen molar-refractivity contribution in [3.05, 3.63) is 282 Å². The lowest BCUT2D eigenvalue weighted by Crippen LogP contribution is -2.26. The molecule has 24 nitrogen and oxygen atoms in total. The predicted molar refractivity (Wildman–Crippen MR) is 467 cm³/mol. The minimum atomic E-state index is -1.08. The molecule has 11 N–H and O–H groups in total. The highest BCUT2D eigenvalue weighted by molar-refractivity contribution is 5.65. The summed E-state index contributed by atoms with van der Waals surface area (Å²) in [6, 6.07) is 39.9. The van der Waals surface area contributed by atoms with Crippen LogP contribution < -0.4 is 61.6 Å². The Morgan fingerprint density at radius 2 is 0.523 bits per heavy atom. The average Bonchev–Trinajstić information content (AvgIpc) is 0.763. The second kappa shape index (κ2) is 39.3. The van der Waals surface area contributed by atoms with E-state index in [1.54, 1.807) is 111 Å². The zero-order chi connectivity index (χ0) is 93.7. The van der Waals surface area contributed by atoms with Gasteiger partial charge in [-0.2, -0.15) is 0 Å². The first-order valence-electron chi connectivity index (χ1n) is 41.2. The Morgan fingerprint density at radius 3 is 0.808 bits per heavy atom. The van der Waals surface area contributed by atoms with Gasteiger partial charge in [-0.15, -0.1) is 0 Å². The lowest BCUT2D eigenvalue weighted by Gasteiger charge is -2.36. The molecule has 0 spiro atoms. The number of benzene rings is 12. The van der Waals surface area contributed by atoms with Crippen LogP contribution in [-0.4, -0.2) is 147 Å². The normalized spacial score (nSPS) is 17.3. The molecule has 130 heavy (non-hydrogen) atoms. The minimum absolute atomic E-state index is 0.0389. The van der Waals surface area contributed by atoms with E-state index in [1.165, 1.54) is 100 Å². The van der Waals surface area contributed by atoms with Crippen molar-refractivity contribution in [1.82, 2.24) is 0 Å². The van der Waals surface area contributed by atoms with Crippen molar-refractivity contribution < 1.29 is 144 Å². The fraction of sp³-hybridized carbons (Fsp3) is 0.280. The molecule has 12 aromatic rings. The van der Waals surface area contributed by atoms with Gasteiger partial charge in [0.1, 0.15) is 46.0 Å². The van der Waals surface area contributed by atoms with Gasteiger partial charge in [-0.25, -0.2) is 26.3 Å². The van der Waals surface area contributed by atoms with Crippen LogP contribution in [0.4, 0.5) is 26.3 Å². The van der Waals surface area contributed by atoms with Crippen LogP contribution in [0.2, 0.25) is 0 Å². The van der Waals surface area contributed by atoms with Gasteiger partial charge >= 0.3 is 0 Å². The molecule has 16 rings (SSSR count). The maximum Gasteiger partial charge on any atom is 0.203 e. The second-order valence-corrected chi connectivity index (χ2v) is 31.3. The highest BCUT2D eigenvalue weighted by Crippen LogP contribution is 2.58. The number of hydrogen-bond acceptors (Lipinski definition) is 24. The van der Waals surface area contributed by atoms with Crippen LogP contribution in [0.1, 0.15) is 157 Å². The lowest BCUT2D eigenvalue weighted by molar-refractivity contribution is 0.243. The van der Waals surface area contributed by atoms with Gasteiger partial charge < -0.3 is 118 Å². The third-order valence-electron chi connectivity index (χ3n) is 24.1. The van der Waals surface area contributed by atoms with Crippen LogP contribution >= 0.6 is 0 Å². The van der Waals surface area contributed by atoms with Crippen molar-refractivity contribution in [2.24, 2.45) is 0 Å². The Hall–Kier alpha value is -14.6. The third-order valence-corrected chi connectivity index (χ3v) is 24.1. The van der Waals surface area contributed by atoms with E-state index in [0.717, 1.165) is 64.1 Å². The molecule has 684 valence electrons. The number of fused-ring (bicyclic) bond motifs is 4. The third kappa shape index (κ3) is 18.0. The SMILES string of the molecule is CCCc1c(O)ccc2c1OCC(c1cc(OC)c(O)c(OC)c1)C2c1ccc(O)c(F)c1.CCc1c(O)ccc2c1OCC(c1cc(OC)c(O)c(OC)c1)C2c1ccc(O)c(F)c1.COc1cc(C2COc3c(ccc(O)c3C)C2c2cc(F)c(O)c(F)c2)cc(OC)c1O.COc1cc(C2COc3c(ccc(O)c3C)C2c2cc(F)c(O)c(F)c2)cc(OC)c1OC. The Kier molecular flexibility index (Phi) is 28.2. The van der Waals surface area contributed by atoms with Gasteiger partial charge in [0, 0.05) is 91.9 Å². The van der Waals surface area contributed by atoms with E-state index in [1.807, 2.05) is 13.8 Å². The zero-order valence-corrected chi connectivity index (χ0v) is 73.1. The summed E-state index contributed by atoms with van der Waals surface area (Å²) in [4.78, 5) is 0. The summed E-state index contributed by atoms with van der Waals surface area (Å²) in [6.07, 6.45) is 2.02. The first kappa shape index (κ1) is 93.1. The topological polar surface area (TPSA) is 343 Å². The predicted octanol–water partition coefficient (Wildman–Crippen LogP) is 19.8. The molecule has 0 saturated carbocycles. The number of rotatable bonds is 20. The number of aromatic hydroxyl groups is 11. The van der Waals surface area contributed by atoms with Crippen LogP contribution in [0, 0.1) is 48.8 Å². The van der Waals surface area contributed by atoms with Crippen molar-refractivity contribution in [1.29, 1.82) is 0 Å². The standard InChI is InChI=1S/C26H27FO6.C25H24F2O6.C25H25FO6.C24H22F2O6/c1-4-5-16-20(28)9-7-17-24(14-6-8-21(29)19(27)10-14)18(13-33-26(16)17)15-11-22(31-2)25(30)23(12-15)32-3;1-12-19(28)6-5-15-22(14-7-17(26)23(29)18(27)8-14)16(11-33-24(12)15)13-9-20(30-2)25(32-4)21(10-13)31-3;1-4-15-19(27)8-6-16-23(13-5-7-20(28)18(26)9-13)17(12-32-25(15)16)14-10-21(30-2)24(29)22(11-14)31-3;1-11-18(27)5-4-14-21(13-6-16(25)22(28)17(26)7-13)15(10-32-24(11)14)12-8-19(30-2)23(29)20(9-12)31-3/h6-12,18,24,28-30H,4-5,13H2,1-3H3;5-10,16,22,28-29H,11H2,1-4H3;5-11,17,23,27-29H,4,12H2,1-3H3;4-9,15,21,27-29H,10H2,1-3H3.